The number of methoxy groups -OCH3 is 8. The molecule has 0 unspecified atom stereocenters. The highest BCUT2D eigenvalue weighted by Gasteiger charge is 2.52. The Bertz CT molecular complexity index is 7810. The van der Waals surface area contributed by atoms with Crippen LogP contribution in [0.1, 0.15) is 66.8 Å². The summed E-state index contributed by atoms with van der Waals surface area (Å²) in [5.74, 6) is 34.6. The van der Waals surface area contributed by atoms with E-state index in [2.05, 4.69) is 266 Å². The van der Waals surface area contributed by atoms with Crippen molar-refractivity contribution < 1.29 is 75.8 Å². The molecule has 16 nitrogen and oxygen atoms in total. The van der Waals surface area contributed by atoms with Gasteiger partial charge in [0, 0.05) is 124 Å². The summed E-state index contributed by atoms with van der Waals surface area (Å²) in [4.78, 5) is 0. The molecular formula is C129H96O16. The molecule has 0 saturated carbocycles. The summed E-state index contributed by atoms with van der Waals surface area (Å²) in [6.45, 7) is -0.335. The van der Waals surface area contributed by atoms with Crippen molar-refractivity contribution in [1.82, 2.24) is 0 Å². The van der Waals surface area contributed by atoms with Crippen LogP contribution in [0.3, 0.4) is 0 Å². The van der Waals surface area contributed by atoms with Crippen LogP contribution in [0.15, 0.2) is 340 Å². The van der Waals surface area contributed by atoms with Crippen molar-refractivity contribution >= 4 is 86.2 Å². The Morgan fingerprint density at radius 2 is 0.359 bits per heavy atom. The molecule has 0 N–H and O–H groups in total. The summed E-state index contributed by atoms with van der Waals surface area (Å²) in [5, 5.41) is 15.2. The molecule has 2 aliphatic carbocycles. The molecule has 0 saturated heterocycles. The molecule has 708 valence electrons. The fraction of sp³-hybridized carbons (Fsp3) is 0.132. The molecule has 0 heterocycles. The van der Waals surface area contributed by atoms with E-state index in [4.69, 9.17) is 75.8 Å². The van der Waals surface area contributed by atoms with Crippen LogP contribution in [0.4, 0.5) is 0 Å². The van der Waals surface area contributed by atoms with Crippen LogP contribution in [-0.4, -0.2) is 111 Å². The molecular weight excluding hydrogens is 1810 g/mol. The van der Waals surface area contributed by atoms with Crippen LogP contribution in [-0.2, 0) is 43.3 Å². The second kappa shape index (κ2) is 41.2. The lowest BCUT2D eigenvalue weighted by Crippen LogP contribution is -2.26. The second-order valence-electron chi connectivity index (χ2n) is 35.2. The highest BCUT2D eigenvalue weighted by atomic mass is 16.7. The first-order valence-corrected chi connectivity index (χ1v) is 47.5. The third-order valence-electron chi connectivity index (χ3n) is 26.8. The highest BCUT2D eigenvalue weighted by molar-refractivity contribution is 6.16. The van der Waals surface area contributed by atoms with Gasteiger partial charge in [0.05, 0.1) is 27.7 Å². The first-order chi connectivity index (χ1) is 71.6. The zero-order chi connectivity index (χ0) is 98.4. The van der Waals surface area contributed by atoms with E-state index in [9.17, 15) is 0 Å². The Morgan fingerprint density at radius 3 is 0.566 bits per heavy atom. The lowest BCUT2D eigenvalue weighted by atomic mass is 9.69. The van der Waals surface area contributed by atoms with Gasteiger partial charge in [-0.05, 0) is 228 Å². The molecule has 0 bridgehead atoms. The first-order valence-electron chi connectivity index (χ1n) is 47.5. The monoisotopic (exact) mass is 1900 g/mol. The highest BCUT2D eigenvalue weighted by Crippen LogP contribution is 2.64. The van der Waals surface area contributed by atoms with Crippen molar-refractivity contribution in [3.63, 3.8) is 0 Å². The molecule has 0 amide bonds. The van der Waals surface area contributed by atoms with Crippen LogP contribution in [0.2, 0.25) is 0 Å². The Hall–Kier alpha value is -17.2. The van der Waals surface area contributed by atoms with Gasteiger partial charge in [0.15, 0.2) is 54.3 Å². The molecule has 0 atom stereocenters. The Kier molecular flexibility index (Phi) is 26.3. The molecule has 0 aliphatic heterocycles. The quantitative estimate of drug-likeness (QED) is 0.0338. The molecule has 0 radical (unpaired) electrons. The largest absolute Gasteiger partial charge is 0.467 e. The molecule has 20 aromatic carbocycles. The van der Waals surface area contributed by atoms with Crippen LogP contribution >= 0.6 is 0 Å². The summed E-state index contributed by atoms with van der Waals surface area (Å²) in [6, 6.07) is 117. The third-order valence-corrected chi connectivity index (χ3v) is 26.8. The van der Waals surface area contributed by atoms with Gasteiger partial charge in [-0.2, -0.15) is 0 Å². The molecule has 145 heavy (non-hydrogen) atoms. The minimum atomic E-state index is -1.21. The molecule has 20 aromatic rings. The van der Waals surface area contributed by atoms with Crippen molar-refractivity contribution in [3.05, 3.63) is 406 Å². The maximum atomic E-state index is 6.92. The van der Waals surface area contributed by atoms with E-state index in [-0.39, 0.29) is 54.3 Å². The zero-order valence-corrected chi connectivity index (χ0v) is 81.0. The number of rotatable bonds is 28. The number of ether oxygens (including phenoxy) is 16. The van der Waals surface area contributed by atoms with Gasteiger partial charge < -0.3 is 75.8 Å². The number of hydrogen-bond donors (Lipinski definition) is 0. The number of fused-ring (bicyclic) bond motifs is 18. The van der Waals surface area contributed by atoms with Crippen LogP contribution in [0.5, 0.6) is 46.0 Å². The molecule has 22 rings (SSSR count). The maximum Gasteiger partial charge on any atom is 0.188 e. The van der Waals surface area contributed by atoms with E-state index in [0.29, 0.717) is 90.5 Å². The van der Waals surface area contributed by atoms with Gasteiger partial charge in [0.1, 0.15) is 46.0 Å². The van der Waals surface area contributed by atoms with Gasteiger partial charge in [0.25, 0.3) is 0 Å². The van der Waals surface area contributed by atoms with Gasteiger partial charge >= 0.3 is 0 Å². The number of hydrogen-bond acceptors (Lipinski definition) is 16. The van der Waals surface area contributed by atoms with E-state index < -0.39 is 5.41 Å². The SMILES string of the molecule is COCOc1ccc2ccccc2c1-c1c(OCOC)c(C#Cc2ccc3c(c2)C2(c4cc(C#Cc5cc6ccccc6c(-c6c(OCOC)ccc7ccccc67)c5OCOC)ccc4-3)c3cc(C#Cc4cc5ccccc5c(-c5c(OCOC)ccc6ccccc56)c4OCOC)ccc3-c3ccc(C#Cc4cc5ccccc5c(-c5c(OCOC)ccc6ccccc56)c4OCOC)cc32)cc2ccccc12. The Morgan fingerprint density at radius 1 is 0.172 bits per heavy atom. The Labute approximate surface area is 839 Å². The van der Waals surface area contributed by atoms with Gasteiger partial charge in [-0.25, -0.2) is 0 Å². The minimum Gasteiger partial charge on any atom is -0.467 e. The van der Waals surface area contributed by atoms with Gasteiger partial charge in [-0.3, -0.25) is 0 Å². The lowest BCUT2D eigenvalue weighted by molar-refractivity contribution is 0.0501. The fourth-order valence-corrected chi connectivity index (χ4v) is 20.9. The average molecular weight is 1900 g/mol. The van der Waals surface area contributed by atoms with Crippen LogP contribution in [0.25, 0.3) is 153 Å². The van der Waals surface area contributed by atoms with E-state index in [1.54, 1.807) is 56.9 Å². The van der Waals surface area contributed by atoms with Gasteiger partial charge in [-0.1, -0.05) is 290 Å². The smallest absolute Gasteiger partial charge is 0.188 e. The summed E-state index contributed by atoms with van der Waals surface area (Å²) in [6.07, 6.45) is 0. The predicted molar refractivity (Wildman–Crippen MR) is 574 cm³/mol. The summed E-state index contributed by atoms with van der Waals surface area (Å²) in [7, 11) is 12.9. The normalized spacial score (nSPS) is 11.9. The van der Waals surface area contributed by atoms with E-state index in [1.165, 1.54) is 0 Å². The second-order valence-corrected chi connectivity index (χ2v) is 35.2. The van der Waals surface area contributed by atoms with Crippen molar-refractivity contribution in [3.8, 4) is 160 Å². The standard InChI is InChI=1S/C129H96O16/c1-130-73-138-113-61-53-85-25-9-17-33-97(85)117(113)121-101-37-21-13-29-89(101)69-93(125(121)142-77-134-5)49-41-81-45-57-105-106-58-46-82(42-50-94-70-90-30-14-22-38-102(90)122(126(94)143-78-135-6)118-98-34-18-10-26-86(98)54-62-114(118)139-74-131-2)66-110(106)129(109(105)65-81)111-67-83(43-51-95-71-91-31-15-23-39-103(91)123(127(95)144-79-136-7)119-99-35-19-11-27-87(99)55-63-115(119)140-75-132-3)47-59-107(111)108-60-48-84(68-112(108)129)44-52-96-72-92-32-16-24-40-104(92)124(128(96)145-80-137-8)120-100-36-20-12-28-88(100)56-64-116(120)141-76-133-4/h9-40,45-48,53-72H,73-80H2,1-8H3. The van der Waals surface area contributed by atoms with Crippen molar-refractivity contribution in [1.29, 1.82) is 0 Å². The first kappa shape index (κ1) is 92.8. The van der Waals surface area contributed by atoms with E-state index in [0.717, 1.165) is 175 Å². The van der Waals surface area contributed by atoms with E-state index in [1.807, 2.05) is 121 Å². The fourth-order valence-electron chi connectivity index (χ4n) is 20.9. The summed E-state index contributed by atoms with van der Waals surface area (Å²) >= 11 is 0. The molecule has 16 heteroatoms. The zero-order valence-electron chi connectivity index (χ0n) is 81.0. The molecule has 2 aliphatic rings. The van der Waals surface area contributed by atoms with Crippen molar-refractivity contribution in [2.24, 2.45) is 0 Å². The van der Waals surface area contributed by atoms with Gasteiger partial charge in [0.2, 0.25) is 0 Å². The number of benzene rings is 20. The summed E-state index contributed by atoms with van der Waals surface area (Å²) in [5.41, 5.74) is 18.1. The van der Waals surface area contributed by atoms with Crippen molar-refractivity contribution in [2.75, 3.05) is 111 Å². The summed E-state index contributed by atoms with van der Waals surface area (Å²) < 4.78 is 99.5. The van der Waals surface area contributed by atoms with Crippen LogP contribution in [0, 0.1) is 47.4 Å². The van der Waals surface area contributed by atoms with Gasteiger partial charge in [-0.15, -0.1) is 0 Å². The molecule has 0 aromatic heterocycles. The minimum absolute atomic E-state index is 0.00270. The van der Waals surface area contributed by atoms with Crippen molar-refractivity contribution in [2.45, 2.75) is 5.41 Å². The molecule has 0 fully saturated rings. The maximum absolute atomic E-state index is 6.92. The Balaban J connectivity index is 0.808. The van der Waals surface area contributed by atoms with Crippen LogP contribution < -0.4 is 37.9 Å². The average Bonchev–Trinajstić information content (AvgIpc) is 1.50. The predicted octanol–water partition coefficient (Wildman–Crippen LogP) is 27.4. The van der Waals surface area contributed by atoms with E-state index >= 15 is 0 Å². The molecule has 1 spiro atoms. The third kappa shape index (κ3) is 17.2. The lowest BCUT2D eigenvalue weighted by Gasteiger charge is -2.31. The topological polar surface area (TPSA) is 148 Å².